The number of nitrogens with one attached hydrogen (secondary N) is 1. The second kappa shape index (κ2) is 7.47. The van der Waals surface area contributed by atoms with Gasteiger partial charge in [0.25, 0.3) is 0 Å². The van der Waals surface area contributed by atoms with Crippen LogP contribution in [0.4, 0.5) is 0 Å². The average Bonchev–Trinajstić information content (AvgIpc) is 3.01. The minimum atomic E-state index is -0.741. The molecule has 1 aromatic heterocycles. The first kappa shape index (κ1) is 17.3. The summed E-state index contributed by atoms with van der Waals surface area (Å²) in [7, 11) is 0. The quantitative estimate of drug-likeness (QED) is 0.765. The fourth-order valence-corrected chi connectivity index (χ4v) is 2.65. The van der Waals surface area contributed by atoms with Crippen molar-refractivity contribution in [3.63, 3.8) is 0 Å². The van der Waals surface area contributed by atoms with Crippen LogP contribution in [0, 0.1) is 12.3 Å². The monoisotopic (exact) mass is 315 g/mol. The number of hydrogen-bond donors (Lipinski definition) is 2. The lowest BCUT2D eigenvalue weighted by molar-refractivity contribution is -0.149. The Balaban J connectivity index is 1.97. The second-order valence-electron chi connectivity index (χ2n) is 6.03. The molecule has 2 rings (SSSR count). The molecule has 0 radical (unpaired) electrons. The van der Waals surface area contributed by atoms with Crippen LogP contribution in [-0.2, 0) is 11.3 Å². The number of benzene rings is 1. The van der Waals surface area contributed by atoms with Gasteiger partial charge in [0.15, 0.2) is 0 Å². The van der Waals surface area contributed by atoms with Crippen LogP contribution >= 0.6 is 0 Å². The van der Waals surface area contributed by atoms with Crippen molar-refractivity contribution in [1.82, 2.24) is 5.32 Å². The van der Waals surface area contributed by atoms with Crippen molar-refractivity contribution in [2.75, 3.05) is 6.54 Å². The van der Waals surface area contributed by atoms with Gasteiger partial charge in [-0.05, 0) is 31.9 Å². The minimum Gasteiger partial charge on any atom is -0.481 e. The fourth-order valence-electron chi connectivity index (χ4n) is 2.65. The average molecular weight is 315 g/mol. The molecule has 2 aromatic rings. The Hall–Kier alpha value is -2.07. The molecule has 0 bridgehead atoms. The number of aliphatic carboxylic acids is 1. The lowest BCUT2D eigenvalue weighted by Crippen LogP contribution is -2.39. The maximum Gasteiger partial charge on any atom is 0.310 e. The van der Waals surface area contributed by atoms with E-state index in [4.69, 9.17) is 4.42 Å². The topological polar surface area (TPSA) is 62.5 Å². The molecule has 0 atom stereocenters. The highest BCUT2D eigenvalue weighted by Gasteiger charge is 2.34. The Bertz CT molecular complexity index is 639. The summed E-state index contributed by atoms with van der Waals surface area (Å²) in [6.45, 7) is 6.86. The van der Waals surface area contributed by atoms with Crippen LogP contribution in [0.2, 0.25) is 0 Å². The van der Waals surface area contributed by atoms with Crippen LogP contribution in [-0.4, -0.2) is 17.6 Å². The third-order valence-corrected chi connectivity index (χ3v) is 4.57. The van der Waals surface area contributed by atoms with Gasteiger partial charge >= 0.3 is 5.97 Å². The van der Waals surface area contributed by atoms with E-state index in [1.165, 1.54) is 5.56 Å². The third kappa shape index (κ3) is 4.02. The Labute approximate surface area is 137 Å². The molecule has 0 aliphatic heterocycles. The van der Waals surface area contributed by atoms with Crippen LogP contribution in [0.15, 0.2) is 40.8 Å². The van der Waals surface area contributed by atoms with Gasteiger partial charge in [-0.1, -0.05) is 43.7 Å². The Morgan fingerprint density at radius 1 is 1.13 bits per heavy atom. The Kier molecular flexibility index (Phi) is 5.61. The van der Waals surface area contributed by atoms with Crippen molar-refractivity contribution in [1.29, 1.82) is 0 Å². The van der Waals surface area contributed by atoms with E-state index >= 15 is 0 Å². The number of carbonyl (C=O) groups is 1. The molecular weight excluding hydrogens is 290 g/mol. The Morgan fingerprint density at radius 3 is 2.35 bits per heavy atom. The molecule has 1 aromatic carbocycles. The highest BCUT2D eigenvalue weighted by Crippen LogP contribution is 2.26. The number of furan rings is 1. The van der Waals surface area contributed by atoms with Gasteiger partial charge in [0.05, 0.1) is 12.0 Å². The molecule has 4 heteroatoms. The van der Waals surface area contributed by atoms with E-state index in [-0.39, 0.29) is 0 Å². The second-order valence-corrected chi connectivity index (χ2v) is 6.03. The number of aryl methyl sites for hydroxylation is 1. The zero-order valence-corrected chi connectivity index (χ0v) is 14.1. The van der Waals surface area contributed by atoms with Crippen molar-refractivity contribution in [2.24, 2.45) is 5.41 Å². The van der Waals surface area contributed by atoms with Crippen molar-refractivity contribution >= 4 is 5.97 Å². The summed E-state index contributed by atoms with van der Waals surface area (Å²) in [5, 5.41) is 12.7. The van der Waals surface area contributed by atoms with Crippen molar-refractivity contribution in [3.8, 4) is 11.3 Å². The smallest absolute Gasteiger partial charge is 0.310 e. The molecule has 0 unspecified atom stereocenters. The molecule has 0 fully saturated rings. The van der Waals surface area contributed by atoms with Crippen LogP contribution in [0.1, 0.15) is 38.0 Å². The van der Waals surface area contributed by atoms with Crippen molar-refractivity contribution < 1.29 is 14.3 Å². The zero-order valence-electron chi connectivity index (χ0n) is 14.1. The molecule has 124 valence electrons. The molecule has 0 saturated heterocycles. The highest BCUT2D eigenvalue weighted by molar-refractivity contribution is 5.74. The summed E-state index contributed by atoms with van der Waals surface area (Å²) in [4.78, 5) is 11.5. The summed E-state index contributed by atoms with van der Waals surface area (Å²) >= 11 is 0. The summed E-state index contributed by atoms with van der Waals surface area (Å²) in [5.41, 5.74) is 1.56. The molecular formula is C19H25NO3. The zero-order chi connectivity index (χ0) is 16.9. The predicted molar refractivity (Wildman–Crippen MR) is 91.2 cm³/mol. The first-order chi connectivity index (χ1) is 11.0. The summed E-state index contributed by atoms with van der Waals surface area (Å²) in [5.74, 6) is 0.902. The summed E-state index contributed by atoms with van der Waals surface area (Å²) in [6.07, 6.45) is 1.22. The number of hydrogen-bond acceptors (Lipinski definition) is 3. The van der Waals surface area contributed by atoms with E-state index in [1.807, 2.05) is 38.1 Å². The maximum atomic E-state index is 11.5. The van der Waals surface area contributed by atoms with Crippen LogP contribution < -0.4 is 5.32 Å². The van der Waals surface area contributed by atoms with E-state index in [9.17, 15) is 9.90 Å². The van der Waals surface area contributed by atoms with Crippen molar-refractivity contribution in [3.05, 3.63) is 47.7 Å². The summed E-state index contributed by atoms with van der Waals surface area (Å²) < 4.78 is 5.84. The standard InChI is InChI=1S/C19H25NO3/c1-4-19(5-2,18(21)22)13-20-12-16-10-11-17(23-16)15-8-6-14(3)7-9-15/h6-11,20H,4-5,12-13H2,1-3H3,(H,21,22). The molecule has 2 N–H and O–H groups in total. The van der Waals surface area contributed by atoms with Crippen LogP contribution in [0.5, 0.6) is 0 Å². The van der Waals surface area contributed by atoms with Gasteiger partial charge in [-0.15, -0.1) is 0 Å². The first-order valence-electron chi connectivity index (χ1n) is 8.10. The maximum absolute atomic E-state index is 11.5. The van der Waals surface area contributed by atoms with E-state index in [0.717, 1.165) is 17.1 Å². The van der Waals surface area contributed by atoms with E-state index < -0.39 is 11.4 Å². The molecule has 0 aliphatic carbocycles. The highest BCUT2D eigenvalue weighted by atomic mass is 16.4. The minimum absolute atomic E-state index is 0.440. The largest absolute Gasteiger partial charge is 0.481 e. The summed E-state index contributed by atoms with van der Waals surface area (Å²) in [6, 6.07) is 12.1. The molecule has 4 nitrogen and oxygen atoms in total. The van der Waals surface area contributed by atoms with Gasteiger partial charge in [-0.25, -0.2) is 0 Å². The molecule has 0 saturated carbocycles. The van der Waals surface area contributed by atoms with Gasteiger partial charge in [0.1, 0.15) is 11.5 Å². The predicted octanol–water partition coefficient (Wildman–Crippen LogP) is 4.24. The van der Waals surface area contributed by atoms with E-state index in [1.54, 1.807) is 0 Å². The Morgan fingerprint density at radius 2 is 1.78 bits per heavy atom. The molecule has 0 amide bonds. The number of carboxylic acids is 1. The van der Waals surface area contributed by atoms with Gasteiger partial charge in [0, 0.05) is 12.1 Å². The third-order valence-electron chi connectivity index (χ3n) is 4.57. The molecule has 1 heterocycles. The molecule has 23 heavy (non-hydrogen) atoms. The van der Waals surface area contributed by atoms with Gasteiger partial charge in [-0.3, -0.25) is 4.79 Å². The number of rotatable bonds is 8. The van der Waals surface area contributed by atoms with Crippen LogP contribution in [0.25, 0.3) is 11.3 Å². The van der Waals surface area contributed by atoms with Gasteiger partial charge < -0.3 is 14.8 Å². The fraction of sp³-hybridized carbons (Fsp3) is 0.421. The van der Waals surface area contributed by atoms with Gasteiger partial charge in [0.2, 0.25) is 0 Å². The van der Waals surface area contributed by atoms with Crippen molar-refractivity contribution in [2.45, 2.75) is 40.2 Å². The SMILES string of the molecule is CCC(CC)(CNCc1ccc(-c2ccc(C)cc2)o1)C(=O)O. The van der Waals surface area contributed by atoms with E-state index in [2.05, 4.69) is 24.4 Å². The first-order valence-corrected chi connectivity index (χ1v) is 8.10. The lowest BCUT2D eigenvalue weighted by atomic mass is 9.82. The lowest BCUT2D eigenvalue weighted by Gasteiger charge is -2.26. The van der Waals surface area contributed by atoms with E-state index in [0.29, 0.717) is 25.9 Å². The van der Waals surface area contributed by atoms with Crippen LogP contribution in [0.3, 0.4) is 0 Å². The normalized spacial score (nSPS) is 11.6. The molecule has 0 spiro atoms. The van der Waals surface area contributed by atoms with Gasteiger partial charge in [-0.2, -0.15) is 0 Å². The number of carboxylic acid groups (broad SMARTS) is 1. The molecule has 0 aliphatic rings.